The number of para-hydroxylation sites is 1. The molecule has 0 fully saturated rings. The zero-order valence-electron chi connectivity index (χ0n) is 8.73. The van der Waals surface area contributed by atoms with E-state index >= 15 is 0 Å². The van der Waals surface area contributed by atoms with Crippen LogP contribution in [-0.2, 0) is 6.18 Å². The molecule has 2 aromatic rings. The maximum Gasteiger partial charge on any atom is 0.422 e. The van der Waals surface area contributed by atoms with Crippen molar-refractivity contribution in [2.24, 2.45) is 0 Å². The van der Waals surface area contributed by atoms with E-state index in [2.05, 4.69) is 4.98 Å². The number of pyridine rings is 1. The van der Waals surface area contributed by atoms with E-state index in [0.717, 1.165) is 12.1 Å². The smallest absolute Gasteiger partial charge is 0.422 e. The topological polar surface area (TPSA) is 23.4 Å². The van der Waals surface area contributed by atoms with Crippen LogP contribution in [-0.4, -0.2) is 7.11 Å². The Hall–Kier alpha value is -1.85. The van der Waals surface area contributed by atoms with Gasteiger partial charge in [0.05, 0.1) is 18.6 Å². The minimum absolute atomic E-state index is 0.0577. The largest absolute Gasteiger partial charge is 0.496 e. The first-order valence-corrected chi connectivity index (χ1v) is 4.69. The number of H-pyrrole nitrogens is 1. The van der Waals surface area contributed by atoms with Crippen molar-refractivity contribution in [2.75, 3.05) is 7.11 Å². The number of rotatable bonds is 1. The molecule has 1 heterocycles. The van der Waals surface area contributed by atoms with Gasteiger partial charge in [0.25, 0.3) is 0 Å². The summed E-state index contributed by atoms with van der Waals surface area (Å²) in [6.07, 6.45) is -4.55. The number of ether oxygens (including phenoxy) is 1. The molecule has 6 heteroatoms. The van der Waals surface area contributed by atoms with Crippen molar-refractivity contribution in [3.63, 3.8) is 0 Å². The third-order valence-electron chi connectivity index (χ3n) is 2.36. The molecule has 2 rings (SSSR count). The highest BCUT2D eigenvalue weighted by molar-refractivity contribution is 5.85. The average Bonchev–Trinajstić information content (AvgIpc) is 2.25. The van der Waals surface area contributed by atoms with Crippen molar-refractivity contribution in [1.29, 1.82) is 0 Å². The highest BCUT2D eigenvalue weighted by atomic mass is 19.4. The van der Waals surface area contributed by atoms with Crippen LogP contribution in [0.15, 0.2) is 24.3 Å². The number of hydrogen-bond acceptors (Lipinski definition) is 1. The molecule has 1 N–H and O–H groups in total. The number of methoxy groups -OCH3 is 1. The first-order valence-electron chi connectivity index (χ1n) is 4.69. The molecule has 0 aliphatic heterocycles. The molecule has 0 aliphatic rings. The highest BCUT2D eigenvalue weighted by Crippen LogP contribution is 2.35. The standard InChI is InChI=1S/C11H7F4NO/c1-17-8-5-9(12)16-10-6(8)3-2-4-7(10)11(13,14)15/h2-5H,1H3/p+1. The lowest BCUT2D eigenvalue weighted by atomic mass is 10.1. The lowest BCUT2D eigenvalue weighted by Crippen LogP contribution is -2.17. The maximum atomic E-state index is 13.1. The lowest BCUT2D eigenvalue weighted by molar-refractivity contribution is -0.392. The monoisotopic (exact) mass is 246 g/mol. The van der Waals surface area contributed by atoms with Crippen molar-refractivity contribution < 1.29 is 27.3 Å². The van der Waals surface area contributed by atoms with Gasteiger partial charge in [0.1, 0.15) is 11.3 Å². The Morgan fingerprint density at radius 1 is 1.24 bits per heavy atom. The first-order chi connectivity index (χ1) is 7.93. The third kappa shape index (κ3) is 2.02. The number of hydrogen-bond donors (Lipinski definition) is 0. The van der Waals surface area contributed by atoms with E-state index in [0.29, 0.717) is 0 Å². The zero-order valence-corrected chi connectivity index (χ0v) is 8.73. The molecule has 0 amide bonds. The first kappa shape index (κ1) is 11.6. The van der Waals surface area contributed by atoms with Crippen molar-refractivity contribution in [1.82, 2.24) is 0 Å². The third-order valence-corrected chi connectivity index (χ3v) is 2.36. The van der Waals surface area contributed by atoms with Gasteiger partial charge in [-0.25, -0.2) is 0 Å². The fourth-order valence-electron chi connectivity index (χ4n) is 1.65. The van der Waals surface area contributed by atoms with E-state index < -0.39 is 17.7 Å². The zero-order chi connectivity index (χ0) is 12.6. The molecular formula is C11H8F4NO+. The van der Waals surface area contributed by atoms with Gasteiger partial charge in [0, 0.05) is 0 Å². The van der Waals surface area contributed by atoms with Crippen LogP contribution in [0, 0.1) is 5.95 Å². The Morgan fingerprint density at radius 3 is 2.53 bits per heavy atom. The van der Waals surface area contributed by atoms with Gasteiger partial charge in [-0.05, 0) is 12.1 Å². The van der Waals surface area contributed by atoms with Gasteiger partial charge in [-0.1, -0.05) is 6.07 Å². The summed E-state index contributed by atoms with van der Waals surface area (Å²) in [5.74, 6) is -0.826. The number of fused-ring (bicyclic) bond motifs is 1. The molecule has 1 aromatic heterocycles. The summed E-state index contributed by atoms with van der Waals surface area (Å²) in [5.41, 5.74) is -1.25. The van der Waals surface area contributed by atoms with E-state index in [9.17, 15) is 17.6 Å². The molecule has 1 aromatic carbocycles. The molecule has 17 heavy (non-hydrogen) atoms. The fourth-order valence-corrected chi connectivity index (χ4v) is 1.65. The van der Waals surface area contributed by atoms with Gasteiger partial charge in [-0.15, -0.1) is 4.39 Å². The van der Waals surface area contributed by atoms with E-state index in [1.54, 1.807) is 0 Å². The van der Waals surface area contributed by atoms with Crippen LogP contribution in [0.25, 0.3) is 10.9 Å². The lowest BCUT2D eigenvalue weighted by Gasteiger charge is -2.08. The van der Waals surface area contributed by atoms with E-state index in [-0.39, 0.29) is 16.7 Å². The fraction of sp³-hybridized carbons (Fsp3) is 0.182. The average molecular weight is 246 g/mol. The number of halogens is 4. The SMILES string of the molecule is COc1cc(F)[nH+]c2c(C(F)(F)F)cccc12. The molecule has 0 saturated carbocycles. The summed E-state index contributed by atoms with van der Waals surface area (Å²) < 4.78 is 56.1. The summed E-state index contributed by atoms with van der Waals surface area (Å²) in [7, 11) is 1.27. The van der Waals surface area contributed by atoms with Gasteiger partial charge in [0.2, 0.25) is 5.52 Å². The van der Waals surface area contributed by atoms with Gasteiger partial charge < -0.3 is 4.74 Å². The normalized spacial score (nSPS) is 11.8. The molecule has 0 aliphatic carbocycles. The summed E-state index contributed by atoms with van der Waals surface area (Å²) in [4.78, 5) is 2.07. The second-order valence-electron chi connectivity index (χ2n) is 3.41. The highest BCUT2D eigenvalue weighted by Gasteiger charge is 2.36. The predicted octanol–water partition coefficient (Wildman–Crippen LogP) is 2.82. The minimum atomic E-state index is -4.55. The van der Waals surface area contributed by atoms with Crippen LogP contribution in [0.1, 0.15) is 5.56 Å². The molecule has 0 bridgehead atoms. The van der Waals surface area contributed by atoms with Gasteiger partial charge in [0.15, 0.2) is 0 Å². The Morgan fingerprint density at radius 2 is 1.94 bits per heavy atom. The van der Waals surface area contributed by atoms with Gasteiger partial charge in [-0.3, -0.25) is 0 Å². The molecule has 90 valence electrons. The van der Waals surface area contributed by atoms with Crippen LogP contribution < -0.4 is 9.72 Å². The maximum absolute atomic E-state index is 13.1. The van der Waals surface area contributed by atoms with Crippen molar-refractivity contribution >= 4 is 10.9 Å². The van der Waals surface area contributed by atoms with Crippen LogP contribution in [0.3, 0.4) is 0 Å². The molecule has 0 saturated heterocycles. The number of aromatic amines is 1. The predicted molar refractivity (Wildman–Crippen MR) is 52.0 cm³/mol. The number of aromatic nitrogens is 1. The van der Waals surface area contributed by atoms with Crippen molar-refractivity contribution in [3.05, 3.63) is 35.8 Å². The van der Waals surface area contributed by atoms with Crippen LogP contribution in [0.2, 0.25) is 0 Å². The summed E-state index contributed by atoms with van der Waals surface area (Å²) >= 11 is 0. The molecular weight excluding hydrogens is 238 g/mol. The van der Waals surface area contributed by atoms with E-state index in [4.69, 9.17) is 4.74 Å². The Bertz CT molecular complexity index is 565. The Kier molecular flexibility index (Phi) is 2.65. The molecule has 0 spiro atoms. The molecule has 0 atom stereocenters. The van der Waals surface area contributed by atoms with Gasteiger partial charge in [-0.2, -0.15) is 18.2 Å². The van der Waals surface area contributed by atoms with Crippen LogP contribution in [0.5, 0.6) is 5.75 Å². The summed E-state index contributed by atoms with van der Waals surface area (Å²) in [6, 6.07) is 4.57. The number of benzene rings is 1. The number of nitrogens with one attached hydrogen (secondary N) is 1. The second kappa shape index (κ2) is 3.87. The van der Waals surface area contributed by atoms with Gasteiger partial charge >= 0.3 is 12.1 Å². The van der Waals surface area contributed by atoms with Crippen molar-refractivity contribution in [2.45, 2.75) is 6.18 Å². The number of alkyl halides is 3. The summed E-state index contributed by atoms with van der Waals surface area (Å²) in [5, 5.41) is 0.184. The van der Waals surface area contributed by atoms with E-state index in [1.165, 1.54) is 19.2 Å². The Balaban J connectivity index is 2.85. The molecule has 2 nitrogen and oxygen atoms in total. The summed E-state index contributed by atoms with van der Waals surface area (Å²) in [6.45, 7) is 0. The second-order valence-corrected chi connectivity index (χ2v) is 3.41. The molecule has 0 radical (unpaired) electrons. The van der Waals surface area contributed by atoms with Crippen molar-refractivity contribution in [3.8, 4) is 5.75 Å². The van der Waals surface area contributed by atoms with Crippen LogP contribution in [0.4, 0.5) is 17.6 Å². The quantitative estimate of drug-likeness (QED) is 0.560. The minimum Gasteiger partial charge on any atom is -0.496 e. The van der Waals surface area contributed by atoms with E-state index in [1.807, 2.05) is 0 Å². The Labute approximate surface area is 93.8 Å². The molecule has 0 unspecified atom stereocenters. The van der Waals surface area contributed by atoms with Crippen LogP contribution >= 0.6 is 0 Å².